The summed E-state index contributed by atoms with van der Waals surface area (Å²) in [6.07, 6.45) is 1.60. The van der Waals surface area contributed by atoms with E-state index < -0.39 is 0 Å². The van der Waals surface area contributed by atoms with Gasteiger partial charge in [-0.3, -0.25) is 9.59 Å². The predicted molar refractivity (Wildman–Crippen MR) is 127 cm³/mol. The van der Waals surface area contributed by atoms with Crippen molar-refractivity contribution >= 4 is 28.7 Å². The average molecular weight is 479 g/mol. The van der Waals surface area contributed by atoms with Gasteiger partial charge in [-0.05, 0) is 36.6 Å². The zero-order valence-corrected chi connectivity index (χ0v) is 19.3. The minimum atomic E-state index is -0.349. The van der Waals surface area contributed by atoms with Gasteiger partial charge < -0.3 is 14.6 Å². The van der Waals surface area contributed by atoms with Crippen LogP contribution in [-0.4, -0.2) is 56.0 Å². The summed E-state index contributed by atoms with van der Waals surface area (Å²) in [6, 6.07) is 14.6. The first-order chi connectivity index (χ1) is 16.5. The molecule has 34 heavy (non-hydrogen) atoms. The molecule has 2 aromatic carbocycles. The summed E-state index contributed by atoms with van der Waals surface area (Å²) in [6.45, 7) is 1.42. The number of amides is 1. The number of benzene rings is 2. The Morgan fingerprint density at radius 2 is 2.00 bits per heavy atom. The van der Waals surface area contributed by atoms with Crippen molar-refractivity contribution in [1.82, 2.24) is 29.9 Å². The molecule has 0 bridgehead atoms. The molecule has 1 N–H and O–H groups in total. The van der Waals surface area contributed by atoms with Gasteiger partial charge in [-0.15, -0.1) is 5.10 Å². The highest BCUT2D eigenvalue weighted by Crippen LogP contribution is 2.28. The van der Waals surface area contributed by atoms with Crippen LogP contribution < -0.4 is 10.3 Å². The number of nitrogens with one attached hydrogen (secondary N) is 1. The van der Waals surface area contributed by atoms with Crippen molar-refractivity contribution in [3.05, 3.63) is 80.9 Å². The highest BCUT2D eigenvalue weighted by Gasteiger charge is 2.29. The Bertz CT molecular complexity index is 1420. The second kappa shape index (κ2) is 9.26. The van der Waals surface area contributed by atoms with Crippen LogP contribution in [0.15, 0.2) is 53.3 Å². The maximum absolute atomic E-state index is 13.2. The SMILES string of the molecule is COc1ccccc1C(=O)N1CCC[C@H](c2nc3c(nnn3Cc3ccccc3Cl)c(=O)[nH]2)C1. The molecule has 0 radical (unpaired) electrons. The summed E-state index contributed by atoms with van der Waals surface area (Å²) in [5.74, 6) is 0.846. The summed E-state index contributed by atoms with van der Waals surface area (Å²) in [4.78, 5) is 35.3. The third-order valence-electron chi connectivity index (χ3n) is 6.10. The standard InChI is InChI=1S/C24H23ClN6O3/c1-34-19-11-5-3-9-17(19)24(33)30-12-6-8-16(13-30)21-26-22-20(23(32)27-21)28-29-31(22)14-15-7-2-4-10-18(15)25/h2-5,7,9-11,16H,6,8,12-14H2,1H3,(H,26,27,32)/t16-/m0/s1. The minimum Gasteiger partial charge on any atom is -0.496 e. The lowest BCUT2D eigenvalue weighted by atomic mass is 9.96. The largest absolute Gasteiger partial charge is 0.496 e. The Hall–Kier alpha value is -3.72. The monoisotopic (exact) mass is 478 g/mol. The molecule has 2 aromatic heterocycles. The van der Waals surface area contributed by atoms with Crippen molar-refractivity contribution in [1.29, 1.82) is 0 Å². The van der Waals surface area contributed by atoms with Crippen molar-refractivity contribution in [2.24, 2.45) is 0 Å². The average Bonchev–Trinajstić information content (AvgIpc) is 3.28. The topological polar surface area (TPSA) is 106 Å². The summed E-state index contributed by atoms with van der Waals surface area (Å²) < 4.78 is 6.94. The first kappa shape index (κ1) is 22.1. The van der Waals surface area contributed by atoms with E-state index in [-0.39, 0.29) is 22.9 Å². The summed E-state index contributed by atoms with van der Waals surface area (Å²) in [5.41, 5.74) is 1.59. The van der Waals surface area contributed by atoms with Gasteiger partial charge in [0.1, 0.15) is 11.6 Å². The Kier molecular flexibility index (Phi) is 6.02. The van der Waals surface area contributed by atoms with Crippen LogP contribution >= 0.6 is 11.6 Å². The van der Waals surface area contributed by atoms with Crippen LogP contribution in [0.4, 0.5) is 0 Å². The molecule has 3 heterocycles. The van der Waals surface area contributed by atoms with Crippen molar-refractivity contribution in [2.45, 2.75) is 25.3 Å². The number of fused-ring (bicyclic) bond motifs is 1. The van der Waals surface area contributed by atoms with E-state index in [2.05, 4.69) is 15.3 Å². The lowest BCUT2D eigenvalue weighted by Crippen LogP contribution is -2.40. The summed E-state index contributed by atoms with van der Waals surface area (Å²) in [7, 11) is 1.55. The number of ether oxygens (including phenoxy) is 1. The van der Waals surface area contributed by atoms with Crippen molar-refractivity contribution in [3.63, 3.8) is 0 Å². The van der Waals surface area contributed by atoms with E-state index >= 15 is 0 Å². The van der Waals surface area contributed by atoms with Gasteiger partial charge in [-0.2, -0.15) is 0 Å². The molecule has 174 valence electrons. The number of H-pyrrole nitrogens is 1. The lowest BCUT2D eigenvalue weighted by molar-refractivity contribution is 0.0701. The quantitative estimate of drug-likeness (QED) is 0.472. The number of carbonyl (C=O) groups excluding carboxylic acids is 1. The van der Waals surface area contributed by atoms with Crippen LogP contribution in [0.2, 0.25) is 5.02 Å². The second-order valence-electron chi connectivity index (χ2n) is 8.25. The summed E-state index contributed by atoms with van der Waals surface area (Å²) >= 11 is 6.30. The maximum atomic E-state index is 13.2. The van der Waals surface area contributed by atoms with Crippen molar-refractivity contribution in [2.75, 3.05) is 20.2 Å². The molecule has 1 aliphatic rings. The third kappa shape index (κ3) is 4.14. The van der Waals surface area contributed by atoms with Gasteiger partial charge in [0, 0.05) is 24.0 Å². The highest BCUT2D eigenvalue weighted by atomic mass is 35.5. The number of aromatic amines is 1. The number of methoxy groups -OCH3 is 1. The van der Waals surface area contributed by atoms with Crippen molar-refractivity contribution in [3.8, 4) is 5.75 Å². The normalized spacial score (nSPS) is 16.1. The fourth-order valence-electron chi connectivity index (χ4n) is 4.35. The van der Waals surface area contributed by atoms with Crippen LogP contribution in [0.25, 0.3) is 11.2 Å². The van der Waals surface area contributed by atoms with Gasteiger partial charge in [0.15, 0.2) is 11.2 Å². The first-order valence-corrected chi connectivity index (χ1v) is 11.4. The molecular weight excluding hydrogens is 456 g/mol. The smallest absolute Gasteiger partial charge is 0.281 e. The number of nitrogens with zero attached hydrogens (tertiary/aromatic N) is 5. The van der Waals surface area contributed by atoms with E-state index in [0.29, 0.717) is 47.4 Å². The Labute approximate surface area is 200 Å². The number of rotatable bonds is 5. The number of carbonyl (C=O) groups is 1. The molecule has 0 aliphatic carbocycles. The Balaban J connectivity index is 1.44. The zero-order valence-electron chi connectivity index (χ0n) is 18.6. The number of hydrogen-bond donors (Lipinski definition) is 1. The number of halogens is 1. The number of hydrogen-bond acceptors (Lipinski definition) is 6. The molecule has 1 atom stereocenters. The molecule has 0 unspecified atom stereocenters. The third-order valence-corrected chi connectivity index (χ3v) is 6.47. The van der Waals surface area contributed by atoms with E-state index in [4.69, 9.17) is 21.3 Å². The van der Waals surface area contributed by atoms with Crippen molar-refractivity contribution < 1.29 is 9.53 Å². The number of aromatic nitrogens is 5. The first-order valence-electron chi connectivity index (χ1n) is 11.0. The molecule has 5 rings (SSSR count). The molecule has 4 aromatic rings. The van der Waals surface area contributed by atoms with Crippen LogP contribution in [0.3, 0.4) is 0 Å². The van der Waals surface area contributed by atoms with E-state index in [1.54, 1.807) is 34.9 Å². The Morgan fingerprint density at radius 1 is 1.21 bits per heavy atom. The van der Waals surface area contributed by atoms with Crippen LogP contribution in [0.1, 0.15) is 40.5 Å². The number of piperidine rings is 1. The Morgan fingerprint density at radius 3 is 2.82 bits per heavy atom. The predicted octanol–water partition coefficient (Wildman–Crippen LogP) is 3.24. The lowest BCUT2D eigenvalue weighted by Gasteiger charge is -2.32. The fraction of sp³-hybridized carbons (Fsp3) is 0.292. The van der Waals surface area contributed by atoms with Crippen LogP contribution in [0, 0.1) is 0 Å². The van der Waals surface area contributed by atoms with Gasteiger partial charge in [0.25, 0.3) is 11.5 Å². The molecular formula is C24H23ClN6O3. The second-order valence-corrected chi connectivity index (χ2v) is 8.66. The van der Waals surface area contributed by atoms with Crippen LogP contribution in [0.5, 0.6) is 5.75 Å². The van der Waals surface area contributed by atoms with Gasteiger partial charge in [-0.1, -0.05) is 47.1 Å². The molecule has 1 saturated heterocycles. The van der Waals surface area contributed by atoms with Gasteiger partial charge in [-0.25, -0.2) is 9.67 Å². The van der Waals surface area contributed by atoms with Gasteiger partial charge in [0.2, 0.25) is 0 Å². The van der Waals surface area contributed by atoms with Gasteiger partial charge >= 0.3 is 0 Å². The van der Waals surface area contributed by atoms with E-state index in [9.17, 15) is 9.59 Å². The molecule has 1 aliphatic heterocycles. The molecule has 1 fully saturated rings. The summed E-state index contributed by atoms with van der Waals surface area (Å²) in [5, 5.41) is 8.75. The van der Waals surface area contributed by atoms with Crippen LogP contribution in [-0.2, 0) is 6.54 Å². The number of para-hydroxylation sites is 1. The molecule has 0 spiro atoms. The fourth-order valence-corrected chi connectivity index (χ4v) is 4.54. The zero-order chi connectivity index (χ0) is 23.7. The minimum absolute atomic E-state index is 0.101. The molecule has 9 nitrogen and oxygen atoms in total. The van der Waals surface area contributed by atoms with E-state index in [1.165, 1.54) is 0 Å². The molecule has 1 amide bonds. The number of likely N-dealkylation sites (tertiary alicyclic amines) is 1. The van der Waals surface area contributed by atoms with E-state index in [0.717, 1.165) is 18.4 Å². The molecule has 0 saturated carbocycles. The maximum Gasteiger partial charge on any atom is 0.281 e. The van der Waals surface area contributed by atoms with E-state index in [1.807, 2.05) is 30.3 Å². The van der Waals surface area contributed by atoms with Gasteiger partial charge in [0.05, 0.1) is 19.2 Å². The highest BCUT2D eigenvalue weighted by molar-refractivity contribution is 6.31. The molecule has 10 heteroatoms.